The van der Waals surface area contributed by atoms with E-state index < -0.39 is 11.9 Å². The molecule has 32 heavy (non-hydrogen) atoms. The van der Waals surface area contributed by atoms with Crippen LogP contribution >= 0.6 is 0 Å². The molecular formula is C23H26F3N5O. The molecular weight excluding hydrogens is 419 g/mol. The minimum atomic E-state index is -4.47. The van der Waals surface area contributed by atoms with Crippen molar-refractivity contribution in [2.24, 2.45) is 0 Å². The fraction of sp³-hybridized carbons (Fsp3) is 0.478. The van der Waals surface area contributed by atoms with Gasteiger partial charge >= 0.3 is 6.18 Å². The summed E-state index contributed by atoms with van der Waals surface area (Å²) in [6.07, 6.45) is -1.02. The smallest absolute Gasteiger partial charge is 0.373 e. The average Bonchev–Trinajstić information content (AvgIpc) is 3.19. The predicted octanol–water partition coefficient (Wildman–Crippen LogP) is 4.55. The minimum absolute atomic E-state index is 0.111. The Labute approximate surface area is 184 Å². The monoisotopic (exact) mass is 445 g/mol. The summed E-state index contributed by atoms with van der Waals surface area (Å²) in [5, 5.41) is 3.84. The number of nitrogens with one attached hydrogen (secondary N) is 2. The lowest BCUT2D eigenvalue weighted by Crippen LogP contribution is -2.54. The van der Waals surface area contributed by atoms with Crippen molar-refractivity contribution in [2.45, 2.75) is 57.2 Å². The molecule has 9 heteroatoms. The van der Waals surface area contributed by atoms with E-state index in [1.54, 1.807) is 0 Å². The Morgan fingerprint density at radius 2 is 1.88 bits per heavy atom. The van der Waals surface area contributed by atoms with E-state index in [9.17, 15) is 13.2 Å². The van der Waals surface area contributed by atoms with E-state index in [0.717, 1.165) is 37.6 Å². The van der Waals surface area contributed by atoms with Gasteiger partial charge in [-0.05, 0) is 43.9 Å². The standard InChI is InChI=1S/C23H26F3N5O/c1-13-10-31(11-14(2)32-13)18-8-7-15-5-3-4-6-16(15)20(18)30-22-17-9-19(23(24,25)26)29-21(17)27-12-28-22/h3-6,9,12-14,18,20H,7-8,10-11H2,1-2H3,(H2,27,28,29,30). The van der Waals surface area contributed by atoms with Crippen LogP contribution in [-0.4, -0.2) is 51.2 Å². The molecule has 4 unspecified atom stereocenters. The third kappa shape index (κ3) is 3.95. The predicted molar refractivity (Wildman–Crippen MR) is 115 cm³/mol. The SMILES string of the molecule is CC1CN(C2CCc3ccccc3C2Nc2ncnc3[nH]c(C(F)(F)F)cc23)CC(C)O1. The molecule has 0 saturated carbocycles. The van der Waals surface area contributed by atoms with Gasteiger partial charge in [-0.15, -0.1) is 0 Å². The van der Waals surface area contributed by atoms with Crippen LogP contribution < -0.4 is 5.32 Å². The number of fused-ring (bicyclic) bond motifs is 2. The third-order valence-corrected chi connectivity index (χ3v) is 6.42. The molecule has 4 atom stereocenters. The zero-order valence-electron chi connectivity index (χ0n) is 18.0. The van der Waals surface area contributed by atoms with Crippen LogP contribution in [0.5, 0.6) is 0 Å². The Morgan fingerprint density at radius 1 is 1.12 bits per heavy atom. The summed E-state index contributed by atoms with van der Waals surface area (Å²) in [6.45, 7) is 5.79. The van der Waals surface area contributed by atoms with Gasteiger partial charge in [0.05, 0.1) is 23.6 Å². The van der Waals surface area contributed by atoms with Gasteiger partial charge in [0.2, 0.25) is 0 Å². The molecule has 1 aromatic carbocycles. The summed E-state index contributed by atoms with van der Waals surface area (Å²) < 4.78 is 45.7. The molecule has 2 aromatic heterocycles. The molecule has 6 nitrogen and oxygen atoms in total. The number of morpholine rings is 1. The van der Waals surface area contributed by atoms with Gasteiger partial charge in [-0.25, -0.2) is 9.97 Å². The van der Waals surface area contributed by atoms with E-state index in [-0.39, 0.29) is 29.9 Å². The summed E-state index contributed by atoms with van der Waals surface area (Å²) in [4.78, 5) is 13.2. The molecule has 1 saturated heterocycles. The van der Waals surface area contributed by atoms with E-state index in [2.05, 4.69) is 51.1 Å². The number of ether oxygens (including phenoxy) is 1. The lowest BCUT2D eigenvalue weighted by atomic mass is 9.82. The zero-order valence-corrected chi connectivity index (χ0v) is 18.0. The Morgan fingerprint density at radius 3 is 2.62 bits per heavy atom. The number of benzene rings is 1. The van der Waals surface area contributed by atoms with Gasteiger partial charge in [0.25, 0.3) is 0 Å². The molecule has 1 fully saturated rings. The lowest BCUT2D eigenvalue weighted by molar-refractivity contribution is -0.140. The van der Waals surface area contributed by atoms with Gasteiger partial charge in [0, 0.05) is 19.1 Å². The van der Waals surface area contributed by atoms with Crippen molar-refractivity contribution in [3.8, 4) is 0 Å². The van der Waals surface area contributed by atoms with Gasteiger partial charge in [-0.1, -0.05) is 24.3 Å². The maximum Gasteiger partial charge on any atom is 0.431 e. The molecule has 0 amide bonds. The van der Waals surface area contributed by atoms with Crippen molar-refractivity contribution in [1.82, 2.24) is 19.9 Å². The van der Waals surface area contributed by atoms with Crippen LogP contribution in [0.2, 0.25) is 0 Å². The van der Waals surface area contributed by atoms with Crippen LogP contribution in [-0.2, 0) is 17.3 Å². The van der Waals surface area contributed by atoms with Gasteiger partial charge in [-0.3, -0.25) is 4.90 Å². The molecule has 3 aromatic rings. The summed E-state index contributed by atoms with van der Waals surface area (Å²) >= 11 is 0. The van der Waals surface area contributed by atoms with Crippen LogP contribution in [0.3, 0.4) is 0 Å². The Bertz CT molecular complexity index is 1100. The first kappa shape index (κ1) is 21.2. The van der Waals surface area contributed by atoms with Crippen molar-refractivity contribution in [1.29, 1.82) is 0 Å². The lowest BCUT2D eigenvalue weighted by Gasteiger charge is -2.45. The van der Waals surface area contributed by atoms with E-state index in [0.29, 0.717) is 11.2 Å². The molecule has 2 N–H and O–H groups in total. The number of H-pyrrole nitrogens is 1. The van der Waals surface area contributed by atoms with Crippen molar-refractivity contribution in [3.63, 3.8) is 0 Å². The minimum Gasteiger partial charge on any atom is -0.373 e. The number of anilines is 1. The number of alkyl halides is 3. The van der Waals surface area contributed by atoms with Crippen LogP contribution in [0.15, 0.2) is 36.7 Å². The number of rotatable bonds is 3. The first-order valence-corrected chi connectivity index (χ1v) is 10.9. The van der Waals surface area contributed by atoms with Crippen molar-refractivity contribution >= 4 is 16.9 Å². The Kier molecular flexibility index (Phi) is 5.33. The van der Waals surface area contributed by atoms with Gasteiger partial charge < -0.3 is 15.0 Å². The second-order valence-corrected chi connectivity index (χ2v) is 8.80. The number of aromatic amines is 1. The summed E-state index contributed by atoms with van der Waals surface area (Å²) in [6, 6.07) is 9.40. The van der Waals surface area contributed by atoms with Crippen LogP contribution in [0.25, 0.3) is 11.0 Å². The number of nitrogens with zero attached hydrogens (tertiary/aromatic N) is 3. The highest BCUT2D eigenvalue weighted by Gasteiger charge is 2.38. The molecule has 170 valence electrons. The molecule has 1 aliphatic carbocycles. The molecule has 0 radical (unpaired) electrons. The molecule has 0 spiro atoms. The number of hydrogen-bond donors (Lipinski definition) is 2. The highest BCUT2D eigenvalue weighted by atomic mass is 19.4. The molecule has 5 rings (SSSR count). The van der Waals surface area contributed by atoms with E-state index in [1.807, 2.05) is 12.1 Å². The van der Waals surface area contributed by atoms with Crippen LogP contribution in [0, 0.1) is 0 Å². The fourth-order valence-corrected chi connectivity index (χ4v) is 5.15. The highest BCUT2D eigenvalue weighted by Crippen LogP contribution is 2.38. The largest absolute Gasteiger partial charge is 0.431 e. The molecule has 2 aliphatic rings. The van der Waals surface area contributed by atoms with Crippen molar-refractivity contribution < 1.29 is 17.9 Å². The van der Waals surface area contributed by atoms with Crippen molar-refractivity contribution in [3.05, 3.63) is 53.5 Å². The second-order valence-electron chi connectivity index (χ2n) is 8.80. The molecule has 0 bridgehead atoms. The first-order valence-electron chi connectivity index (χ1n) is 10.9. The van der Waals surface area contributed by atoms with Crippen LogP contribution in [0.1, 0.15) is 43.1 Å². The van der Waals surface area contributed by atoms with Crippen LogP contribution in [0.4, 0.5) is 19.0 Å². The van der Waals surface area contributed by atoms with E-state index in [4.69, 9.17) is 4.74 Å². The van der Waals surface area contributed by atoms with E-state index >= 15 is 0 Å². The summed E-state index contributed by atoms with van der Waals surface area (Å²) in [7, 11) is 0. The zero-order chi connectivity index (χ0) is 22.5. The Balaban J connectivity index is 1.54. The highest BCUT2D eigenvalue weighted by molar-refractivity contribution is 5.88. The Hall–Kier alpha value is -2.65. The van der Waals surface area contributed by atoms with Gasteiger partial charge in [0.1, 0.15) is 23.5 Å². The maximum absolute atomic E-state index is 13.3. The van der Waals surface area contributed by atoms with Gasteiger partial charge in [0.15, 0.2) is 0 Å². The normalized spacial score (nSPS) is 26.8. The second kappa shape index (κ2) is 8.04. The average molecular weight is 445 g/mol. The number of aryl methyl sites for hydroxylation is 1. The van der Waals surface area contributed by atoms with E-state index in [1.165, 1.54) is 11.9 Å². The fourth-order valence-electron chi connectivity index (χ4n) is 5.15. The van der Waals surface area contributed by atoms with Gasteiger partial charge in [-0.2, -0.15) is 13.2 Å². The molecule has 3 heterocycles. The molecule has 1 aliphatic heterocycles. The quantitative estimate of drug-likeness (QED) is 0.619. The summed E-state index contributed by atoms with van der Waals surface area (Å²) in [5.41, 5.74) is 1.76. The summed E-state index contributed by atoms with van der Waals surface area (Å²) in [5.74, 6) is 0.405. The number of aromatic nitrogens is 3. The first-order chi connectivity index (χ1) is 15.3. The van der Waals surface area contributed by atoms with Crippen molar-refractivity contribution in [2.75, 3.05) is 18.4 Å². The topological polar surface area (TPSA) is 66.1 Å². The maximum atomic E-state index is 13.3. The number of halogens is 3. The third-order valence-electron chi connectivity index (χ3n) is 6.42. The number of hydrogen-bond acceptors (Lipinski definition) is 5.